The molecule has 21 heavy (non-hydrogen) atoms. The van der Waals surface area contributed by atoms with Crippen molar-refractivity contribution in [2.75, 3.05) is 0 Å². The Hall–Kier alpha value is -1.39. The van der Waals surface area contributed by atoms with Crippen LogP contribution in [0.25, 0.3) is 10.7 Å². The predicted molar refractivity (Wildman–Crippen MR) is 79.3 cm³/mol. The highest BCUT2D eigenvalue weighted by Crippen LogP contribution is 2.31. The van der Waals surface area contributed by atoms with Gasteiger partial charge >= 0.3 is 0 Å². The Morgan fingerprint density at radius 2 is 1.90 bits per heavy atom. The van der Waals surface area contributed by atoms with Crippen LogP contribution < -0.4 is 5.14 Å². The summed E-state index contributed by atoms with van der Waals surface area (Å²) in [5.41, 5.74) is 0.245. The Balaban J connectivity index is 2.71. The highest BCUT2D eigenvalue weighted by Gasteiger charge is 2.31. The van der Waals surface area contributed by atoms with Gasteiger partial charge in [-0.05, 0) is 38.7 Å². The van der Waals surface area contributed by atoms with E-state index in [0.717, 1.165) is 23.4 Å². The molecule has 8 nitrogen and oxygen atoms in total. The second kappa shape index (κ2) is 5.43. The summed E-state index contributed by atoms with van der Waals surface area (Å²) in [6, 6.07) is 0. The molecule has 2 aromatic heterocycles. The third kappa shape index (κ3) is 3.11. The fourth-order valence-electron chi connectivity index (χ4n) is 1.98. The average Bonchev–Trinajstić information content (AvgIpc) is 2.91. The van der Waals surface area contributed by atoms with Crippen LogP contribution in [0.2, 0.25) is 0 Å². The molecule has 116 valence electrons. The Morgan fingerprint density at radius 3 is 2.43 bits per heavy atom. The molecule has 0 bridgehead atoms. The smallest absolute Gasteiger partial charge is 0.273 e. The normalized spacial score (nSPS) is 12.8. The third-order valence-electron chi connectivity index (χ3n) is 2.80. The lowest BCUT2D eigenvalue weighted by molar-refractivity contribution is 0.366. The molecule has 0 fully saturated rings. The number of hydrogen-bond acceptors (Lipinski definition) is 7. The molecule has 2 heterocycles. The Labute approximate surface area is 127 Å². The Bertz CT molecular complexity index is 741. The van der Waals surface area contributed by atoms with Gasteiger partial charge in [-0.25, -0.2) is 13.6 Å². The summed E-state index contributed by atoms with van der Waals surface area (Å²) < 4.78 is 28.9. The summed E-state index contributed by atoms with van der Waals surface area (Å²) in [6.45, 7) is 7.63. The minimum absolute atomic E-state index is 0.249. The van der Waals surface area contributed by atoms with Gasteiger partial charge in [0.15, 0.2) is 5.82 Å². The number of aromatic nitrogens is 5. The van der Waals surface area contributed by atoms with Crippen LogP contribution in [-0.4, -0.2) is 32.8 Å². The van der Waals surface area contributed by atoms with Crippen LogP contribution in [0.5, 0.6) is 0 Å². The van der Waals surface area contributed by atoms with E-state index in [4.69, 9.17) is 5.14 Å². The van der Waals surface area contributed by atoms with Gasteiger partial charge in [0.05, 0.1) is 5.69 Å². The monoisotopic (exact) mass is 330 g/mol. The maximum Gasteiger partial charge on any atom is 0.273 e. The Morgan fingerprint density at radius 1 is 1.24 bits per heavy atom. The van der Waals surface area contributed by atoms with Crippen LogP contribution in [0.4, 0.5) is 0 Å². The lowest BCUT2D eigenvalue weighted by Gasteiger charge is -2.23. The van der Waals surface area contributed by atoms with Crippen molar-refractivity contribution in [1.29, 1.82) is 0 Å². The van der Waals surface area contributed by atoms with E-state index in [1.165, 1.54) is 16.1 Å². The standard InChI is InChI=1S/C11H18N6O2S2/c1-5-6-7-8(20-16-13-7)9-14-15-10(21(12,18)19)17(9)11(2,3)4/h5-6H2,1-4H3,(H2,12,18,19). The first-order valence-electron chi connectivity index (χ1n) is 6.46. The van der Waals surface area contributed by atoms with Crippen molar-refractivity contribution in [3.8, 4) is 10.7 Å². The summed E-state index contributed by atoms with van der Waals surface area (Å²) in [4.78, 5) is 0.731. The van der Waals surface area contributed by atoms with E-state index < -0.39 is 15.6 Å². The van der Waals surface area contributed by atoms with E-state index in [1.54, 1.807) is 0 Å². The van der Waals surface area contributed by atoms with Crippen molar-refractivity contribution < 1.29 is 8.42 Å². The molecule has 0 spiro atoms. The topological polar surface area (TPSA) is 117 Å². The van der Waals surface area contributed by atoms with Gasteiger partial charge in [0.1, 0.15) is 4.88 Å². The van der Waals surface area contributed by atoms with Gasteiger partial charge in [0.25, 0.3) is 15.2 Å². The summed E-state index contributed by atoms with van der Waals surface area (Å²) in [5, 5.41) is 16.9. The number of aryl methyl sites for hydroxylation is 1. The lowest BCUT2D eigenvalue weighted by Crippen LogP contribution is -2.29. The fourth-order valence-corrected chi connectivity index (χ4v) is 3.44. The first kappa shape index (κ1) is 16.0. The molecule has 2 rings (SSSR count). The number of nitrogens with zero attached hydrogens (tertiary/aromatic N) is 5. The SMILES string of the molecule is CCCc1nnsc1-c1nnc(S(N)(=O)=O)n1C(C)(C)C. The first-order valence-corrected chi connectivity index (χ1v) is 8.78. The van der Waals surface area contributed by atoms with E-state index in [1.807, 2.05) is 27.7 Å². The zero-order valence-corrected chi connectivity index (χ0v) is 14.0. The maximum absolute atomic E-state index is 11.7. The van der Waals surface area contributed by atoms with Crippen LogP contribution in [0.1, 0.15) is 39.8 Å². The summed E-state index contributed by atoms with van der Waals surface area (Å²) >= 11 is 1.18. The molecule has 0 saturated heterocycles. The van der Waals surface area contributed by atoms with Gasteiger partial charge in [0.2, 0.25) is 0 Å². The molecule has 0 atom stereocenters. The number of primary sulfonamides is 1. The van der Waals surface area contributed by atoms with Crippen molar-refractivity contribution in [2.45, 2.75) is 51.2 Å². The van der Waals surface area contributed by atoms with Crippen molar-refractivity contribution in [1.82, 2.24) is 24.4 Å². The Kier molecular flexibility index (Phi) is 4.13. The van der Waals surface area contributed by atoms with Crippen molar-refractivity contribution >= 4 is 21.6 Å². The van der Waals surface area contributed by atoms with E-state index >= 15 is 0 Å². The molecule has 0 aliphatic carbocycles. The maximum atomic E-state index is 11.7. The highest BCUT2D eigenvalue weighted by atomic mass is 32.2. The third-order valence-corrected chi connectivity index (χ3v) is 4.34. The van der Waals surface area contributed by atoms with Gasteiger partial charge in [-0.15, -0.1) is 15.3 Å². The van der Waals surface area contributed by atoms with Crippen molar-refractivity contribution in [2.24, 2.45) is 5.14 Å². The minimum Gasteiger partial charge on any atom is -0.291 e. The molecule has 10 heteroatoms. The summed E-state index contributed by atoms with van der Waals surface area (Å²) in [6.07, 6.45) is 1.65. The van der Waals surface area contributed by atoms with Gasteiger partial charge in [-0.2, -0.15) is 0 Å². The molecule has 0 aliphatic heterocycles. The number of rotatable bonds is 4. The first-order chi connectivity index (χ1) is 9.66. The molecule has 2 N–H and O–H groups in total. The number of nitrogens with two attached hydrogens (primary N) is 1. The van der Waals surface area contributed by atoms with Crippen LogP contribution in [0.3, 0.4) is 0 Å². The van der Waals surface area contributed by atoms with Gasteiger partial charge in [-0.3, -0.25) is 4.57 Å². The molecule has 0 aliphatic rings. The largest absolute Gasteiger partial charge is 0.291 e. The predicted octanol–water partition coefficient (Wildman–Crippen LogP) is 1.15. The van der Waals surface area contributed by atoms with Crippen LogP contribution in [0.15, 0.2) is 5.16 Å². The summed E-state index contributed by atoms with van der Waals surface area (Å²) in [7, 11) is -3.96. The second-order valence-corrected chi connectivity index (χ2v) is 7.87. The zero-order chi connectivity index (χ0) is 15.8. The van der Waals surface area contributed by atoms with E-state index in [0.29, 0.717) is 5.82 Å². The van der Waals surface area contributed by atoms with E-state index in [9.17, 15) is 8.42 Å². The van der Waals surface area contributed by atoms with Crippen LogP contribution in [0, 0.1) is 0 Å². The van der Waals surface area contributed by atoms with Crippen molar-refractivity contribution in [3.63, 3.8) is 0 Å². The number of hydrogen-bond donors (Lipinski definition) is 1. The molecule has 0 radical (unpaired) electrons. The van der Waals surface area contributed by atoms with E-state index in [2.05, 4.69) is 19.8 Å². The second-order valence-electron chi connectivity index (χ2n) is 5.66. The fraction of sp³-hybridized carbons (Fsp3) is 0.636. The van der Waals surface area contributed by atoms with Gasteiger partial charge in [0, 0.05) is 5.54 Å². The number of sulfonamides is 1. The average molecular weight is 330 g/mol. The lowest BCUT2D eigenvalue weighted by atomic mass is 10.1. The zero-order valence-electron chi connectivity index (χ0n) is 12.4. The van der Waals surface area contributed by atoms with Gasteiger partial charge in [-0.1, -0.05) is 17.8 Å². The molecule has 0 amide bonds. The molecule has 2 aromatic rings. The minimum atomic E-state index is -3.96. The van der Waals surface area contributed by atoms with Crippen LogP contribution in [-0.2, 0) is 22.0 Å². The molecule has 0 unspecified atom stereocenters. The molecular weight excluding hydrogens is 312 g/mol. The molecule has 0 aromatic carbocycles. The van der Waals surface area contributed by atoms with Crippen molar-refractivity contribution in [3.05, 3.63) is 5.69 Å². The van der Waals surface area contributed by atoms with Gasteiger partial charge < -0.3 is 0 Å². The van der Waals surface area contributed by atoms with Crippen LogP contribution >= 0.6 is 11.5 Å². The summed E-state index contributed by atoms with van der Waals surface area (Å²) in [5.74, 6) is 0.435. The molecular formula is C11H18N6O2S2. The van der Waals surface area contributed by atoms with E-state index in [-0.39, 0.29) is 5.16 Å². The highest BCUT2D eigenvalue weighted by molar-refractivity contribution is 7.89. The quantitative estimate of drug-likeness (QED) is 0.898. The molecule has 0 saturated carbocycles.